The fraction of sp³-hybridized carbons (Fsp3) is 0.881. The van der Waals surface area contributed by atoms with E-state index in [1.54, 1.807) is 0 Å². The van der Waals surface area contributed by atoms with Crippen LogP contribution in [0.3, 0.4) is 0 Å². The van der Waals surface area contributed by atoms with Gasteiger partial charge in [-0.15, -0.1) is 0 Å². The van der Waals surface area contributed by atoms with E-state index in [0.29, 0.717) is 12.8 Å². The molecule has 4 N–H and O–H groups in total. The molecule has 0 aromatic rings. The Morgan fingerprint density at radius 1 is 0.556 bits per heavy atom. The van der Waals surface area contributed by atoms with E-state index in [2.05, 4.69) is 30.5 Å². The molecular formula is C42H80NO10P. The van der Waals surface area contributed by atoms with Gasteiger partial charge in [-0.1, -0.05) is 167 Å². The van der Waals surface area contributed by atoms with Gasteiger partial charge in [-0.2, -0.15) is 0 Å². The van der Waals surface area contributed by atoms with Crippen LogP contribution in [0.4, 0.5) is 0 Å². The van der Waals surface area contributed by atoms with Crippen LogP contribution in [0.2, 0.25) is 0 Å². The number of carbonyl (C=O) groups is 3. The number of hydrogen-bond donors (Lipinski definition) is 3. The first kappa shape index (κ1) is 52.2. The zero-order valence-electron chi connectivity index (χ0n) is 34.3. The van der Waals surface area contributed by atoms with Crippen molar-refractivity contribution in [1.82, 2.24) is 0 Å². The van der Waals surface area contributed by atoms with Crippen molar-refractivity contribution in [3.05, 3.63) is 12.2 Å². The fourth-order valence-corrected chi connectivity index (χ4v) is 6.84. The van der Waals surface area contributed by atoms with Gasteiger partial charge in [0.05, 0.1) is 13.2 Å². The van der Waals surface area contributed by atoms with E-state index in [0.717, 1.165) is 57.8 Å². The van der Waals surface area contributed by atoms with Gasteiger partial charge in [-0.3, -0.25) is 23.4 Å². The monoisotopic (exact) mass is 790 g/mol. The standard InChI is InChI=1S/C42H80NO10P/c1-3-5-7-9-11-13-15-17-19-21-23-25-27-29-31-33-40(44)50-35-38(36-51-54(48,49)52-37-39(43)42(46)47)53-41(45)34-32-30-28-26-24-22-20-18-16-14-12-10-8-6-4-2/h18,20,38-39H,3-17,19,21-37,43H2,1-2H3,(H,46,47)(H,48,49)/t38-,39+/m1/s1. The highest BCUT2D eigenvalue weighted by Crippen LogP contribution is 2.43. The number of phosphoric ester groups is 1. The molecule has 0 aromatic heterocycles. The number of nitrogens with two attached hydrogens (primary N) is 1. The van der Waals surface area contributed by atoms with Gasteiger partial charge in [-0.05, 0) is 38.5 Å². The molecule has 1 unspecified atom stereocenters. The van der Waals surface area contributed by atoms with Crippen LogP contribution >= 0.6 is 7.82 Å². The van der Waals surface area contributed by atoms with Crippen LogP contribution in [-0.4, -0.2) is 59.9 Å². The van der Waals surface area contributed by atoms with Crippen LogP contribution in [0.1, 0.15) is 206 Å². The molecule has 0 aliphatic carbocycles. The number of carbonyl (C=O) groups excluding carboxylic acids is 2. The summed E-state index contributed by atoms with van der Waals surface area (Å²) in [6.07, 6.45) is 37.0. The largest absolute Gasteiger partial charge is 0.480 e. The van der Waals surface area contributed by atoms with Crippen molar-refractivity contribution in [2.75, 3.05) is 19.8 Å². The van der Waals surface area contributed by atoms with E-state index < -0.39 is 51.1 Å². The maximum atomic E-state index is 12.6. The Morgan fingerprint density at radius 2 is 0.926 bits per heavy atom. The molecular weight excluding hydrogens is 709 g/mol. The molecule has 0 aliphatic heterocycles. The maximum Gasteiger partial charge on any atom is 0.472 e. The number of unbranched alkanes of at least 4 members (excludes halogenated alkanes) is 25. The van der Waals surface area contributed by atoms with E-state index >= 15 is 0 Å². The minimum absolute atomic E-state index is 0.155. The Bertz CT molecular complexity index is 979. The predicted molar refractivity (Wildman–Crippen MR) is 217 cm³/mol. The number of aliphatic carboxylic acids is 1. The molecule has 54 heavy (non-hydrogen) atoms. The van der Waals surface area contributed by atoms with E-state index in [-0.39, 0.29) is 19.4 Å². The number of allylic oxidation sites excluding steroid dienone is 2. The third kappa shape index (κ3) is 37.2. The van der Waals surface area contributed by atoms with E-state index in [4.69, 9.17) is 24.8 Å². The van der Waals surface area contributed by atoms with Crippen molar-refractivity contribution in [2.45, 2.75) is 219 Å². The lowest BCUT2D eigenvalue weighted by molar-refractivity contribution is -0.161. The molecule has 0 fully saturated rings. The Morgan fingerprint density at radius 3 is 1.35 bits per heavy atom. The Hall–Kier alpha value is -1.78. The van der Waals surface area contributed by atoms with Crippen LogP contribution in [-0.2, 0) is 37.5 Å². The van der Waals surface area contributed by atoms with E-state index in [1.165, 1.54) is 109 Å². The van der Waals surface area contributed by atoms with Crippen LogP contribution in [0, 0.1) is 0 Å². The molecule has 0 rings (SSSR count). The van der Waals surface area contributed by atoms with Crippen molar-refractivity contribution < 1.29 is 47.5 Å². The fourth-order valence-electron chi connectivity index (χ4n) is 6.06. The summed E-state index contributed by atoms with van der Waals surface area (Å²) in [5, 5.41) is 8.88. The second-order valence-corrected chi connectivity index (χ2v) is 16.3. The number of esters is 2. The number of carboxylic acid groups (broad SMARTS) is 1. The summed E-state index contributed by atoms with van der Waals surface area (Å²) in [5.74, 6) is -2.38. The minimum Gasteiger partial charge on any atom is -0.480 e. The molecule has 318 valence electrons. The summed E-state index contributed by atoms with van der Waals surface area (Å²) in [4.78, 5) is 45.9. The third-order valence-electron chi connectivity index (χ3n) is 9.51. The number of phosphoric acid groups is 1. The molecule has 0 aliphatic rings. The lowest BCUT2D eigenvalue weighted by atomic mass is 10.0. The van der Waals surface area contributed by atoms with Crippen LogP contribution in [0.15, 0.2) is 12.2 Å². The third-order valence-corrected chi connectivity index (χ3v) is 10.5. The average Bonchev–Trinajstić information content (AvgIpc) is 3.14. The summed E-state index contributed by atoms with van der Waals surface area (Å²) in [5.41, 5.74) is 5.33. The molecule has 0 aromatic carbocycles. The first-order valence-electron chi connectivity index (χ1n) is 21.7. The van der Waals surface area contributed by atoms with Gasteiger partial charge in [0.2, 0.25) is 0 Å². The zero-order valence-corrected chi connectivity index (χ0v) is 35.2. The summed E-state index contributed by atoms with van der Waals surface area (Å²) in [7, 11) is -4.71. The van der Waals surface area contributed by atoms with Gasteiger partial charge >= 0.3 is 25.7 Å². The summed E-state index contributed by atoms with van der Waals surface area (Å²) in [6.45, 7) is 2.81. The van der Waals surface area contributed by atoms with Gasteiger partial charge in [0.15, 0.2) is 6.10 Å². The van der Waals surface area contributed by atoms with Gasteiger partial charge in [0.1, 0.15) is 12.6 Å². The molecule has 0 saturated heterocycles. The molecule has 11 nitrogen and oxygen atoms in total. The van der Waals surface area contributed by atoms with E-state index in [9.17, 15) is 23.8 Å². The highest BCUT2D eigenvalue weighted by atomic mass is 31.2. The van der Waals surface area contributed by atoms with Crippen LogP contribution in [0.25, 0.3) is 0 Å². The van der Waals surface area contributed by atoms with Crippen molar-refractivity contribution >= 4 is 25.7 Å². The van der Waals surface area contributed by atoms with Crippen molar-refractivity contribution in [3.8, 4) is 0 Å². The Balaban J connectivity index is 4.35. The molecule has 0 bridgehead atoms. The number of hydrogen-bond acceptors (Lipinski definition) is 9. The van der Waals surface area contributed by atoms with Crippen LogP contribution in [0.5, 0.6) is 0 Å². The summed E-state index contributed by atoms with van der Waals surface area (Å²) in [6, 6.07) is -1.52. The molecule has 0 saturated carbocycles. The van der Waals surface area contributed by atoms with Gasteiger partial charge in [-0.25, -0.2) is 4.57 Å². The molecule has 12 heteroatoms. The van der Waals surface area contributed by atoms with Crippen LogP contribution < -0.4 is 5.73 Å². The molecule has 0 amide bonds. The van der Waals surface area contributed by atoms with Gasteiger partial charge in [0, 0.05) is 12.8 Å². The number of ether oxygens (including phenoxy) is 2. The van der Waals surface area contributed by atoms with Crippen molar-refractivity contribution in [3.63, 3.8) is 0 Å². The highest BCUT2D eigenvalue weighted by Gasteiger charge is 2.28. The second kappa shape index (κ2) is 38.1. The Labute approximate surface area is 328 Å². The quantitative estimate of drug-likeness (QED) is 0.0233. The zero-order chi connectivity index (χ0) is 40.0. The number of rotatable bonds is 41. The van der Waals surface area contributed by atoms with Gasteiger partial charge in [0.25, 0.3) is 0 Å². The highest BCUT2D eigenvalue weighted by molar-refractivity contribution is 7.47. The minimum atomic E-state index is -4.71. The first-order chi connectivity index (χ1) is 26.1. The predicted octanol–water partition coefficient (Wildman–Crippen LogP) is 11.3. The number of carboxylic acids is 1. The van der Waals surface area contributed by atoms with Crippen molar-refractivity contribution in [1.29, 1.82) is 0 Å². The average molecular weight is 790 g/mol. The van der Waals surface area contributed by atoms with Gasteiger partial charge < -0.3 is 25.2 Å². The second-order valence-electron chi connectivity index (χ2n) is 14.8. The summed E-state index contributed by atoms with van der Waals surface area (Å²) < 4.78 is 32.7. The lowest BCUT2D eigenvalue weighted by Crippen LogP contribution is -2.34. The smallest absolute Gasteiger partial charge is 0.472 e. The molecule has 0 spiro atoms. The molecule has 3 atom stereocenters. The normalized spacial score (nSPS) is 13.9. The first-order valence-corrected chi connectivity index (χ1v) is 23.2. The molecule has 0 heterocycles. The lowest BCUT2D eigenvalue weighted by Gasteiger charge is -2.20. The maximum absolute atomic E-state index is 12.6. The summed E-state index contributed by atoms with van der Waals surface area (Å²) >= 11 is 0. The van der Waals surface area contributed by atoms with E-state index in [1.807, 2.05) is 0 Å². The molecule has 0 radical (unpaired) electrons. The SMILES string of the molecule is CCCCCCCCC=CCCCCCCCC(=O)O[C@H](COC(=O)CCCCCCCCCCCCCCCCC)COP(=O)(O)OC[C@H](N)C(=O)O. The topological polar surface area (TPSA) is 172 Å². The van der Waals surface area contributed by atoms with Crippen molar-refractivity contribution in [2.24, 2.45) is 5.73 Å². The Kier molecular flexibility index (Phi) is 36.9.